The zero-order chi connectivity index (χ0) is 13.0. The zero-order valence-corrected chi connectivity index (χ0v) is 12.1. The Morgan fingerprint density at radius 1 is 1.39 bits per heavy atom. The standard InChI is InChI=1S/C12H18ClN3OS/c1-15-4-6-16(7-5-15)12(17)9-14-8-10-2-3-11(13)18-10/h2-3,14H,4-9H2,1H3. The lowest BCUT2D eigenvalue weighted by atomic mass is 10.3. The smallest absolute Gasteiger partial charge is 0.236 e. The highest BCUT2D eigenvalue weighted by atomic mass is 35.5. The van der Waals surface area contributed by atoms with Crippen molar-refractivity contribution in [3.63, 3.8) is 0 Å². The van der Waals surface area contributed by atoms with Crippen molar-refractivity contribution >= 4 is 28.8 Å². The Morgan fingerprint density at radius 2 is 2.11 bits per heavy atom. The first-order valence-electron chi connectivity index (χ1n) is 6.06. The van der Waals surface area contributed by atoms with Gasteiger partial charge in [0.15, 0.2) is 0 Å². The second-order valence-corrected chi connectivity index (χ2v) is 6.29. The number of hydrogen-bond donors (Lipinski definition) is 1. The first-order chi connectivity index (χ1) is 8.65. The lowest BCUT2D eigenvalue weighted by Gasteiger charge is -2.32. The summed E-state index contributed by atoms with van der Waals surface area (Å²) in [5.74, 6) is 0.186. The molecule has 1 aromatic rings. The molecule has 1 aliphatic heterocycles. The summed E-state index contributed by atoms with van der Waals surface area (Å²) >= 11 is 7.39. The van der Waals surface area contributed by atoms with E-state index in [2.05, 4.69) is 17.3 Å². The van der Waals surface area contributed by atoms with Gasteiger partial charge in [-0.05, 0) is 19.2 Å². The molecule has 1 aliphatic rings. The minimum absolute atomic E-state index is 0.186. The van der Waals surface area contributed by atoms with Crippen molar-refractivity contribution in [1.82, 2.24) is 15.1 Å². The summed E-state index contributed by atoms with van der Waals surface area (Å²) in [4.78, 5) is 17.2. The average Bonchev–Trinajstić information content (AvgIpc) is 2.76. The number of likely N-dealkylation sites (N-methyl/N-ethyl adjacent to an activating group) is 1. The van der Waals surface area contributed by atoms with Crippen LogP contribution in [0.5, 0.6) is 0 Å². The van der Waals surface area contributed by atoms with Crippen molar-refractivity contribution in [3.05, 3.63) is 21.3 Å². The van der Waals surface area contributed by atoms with Gasteiger partial charge >= 0.3 is 0 Å². The van der Waals surface area contributed by atoms with Crippen molar-refractivity contribution in [3.8, 4) is 0 Å². The van der Waals surface area contributed by atoms with Crippen LogP contribution in [0.25, 0.3) is 0 Å². The molecule has 18 heavy (non-hydrogen) atoms. The Hall–Kier alpha value is -0.620. The van der Waals surface area contributed by atoms with Crippen LogP contribution in [-0.2, 0) is 11.3 Å². The van der Waals surface area contributed by atoms with E-state index in [9.17, 15) is 4.79 Å². The van der Waals surface area contributed by atoms with E-state index >= 15 is 0 Å². The van der Waals surface area contributed by atoms with Gasteiger partial charge in [0.1, 0.15) is 0 Å². The summed E-state index contributed by atoms with van der Waals surface area (Å²) in [5, 5.41) is 3.17. The number of rotatable bonds is 4. The molecule has 2 rings (SSSR count). The van der Waals surface area contributed by atoms with E-state index in [0.717, 1.165) is 35.4 Å². The van der Waals surface area contributed by atoms with Crippen LogP contribution >= 0.6 is 22.9 Å². The van der Waals surface area contributed by atoms with Crippen molar-refractivity contribution in [2.75, 3.05) is 39.8 Å². The number of halogens is 1. The van der Waals surface area contributed by atoms with Gasteiger partial charge in [-0.25, -0.2) is 0 Å². The van der Waals surface area contributed by atoms with E-state index < -0.39 is 0 Å². The second-order valence-electron chi connectivity index (χ2n) is 4.49. The molecule has 4 nitrogen and oxygen atoms in total. The number of hydrogen-bond acceptors (Lipinski definition) is 4. The molecule has 1 aromatic heterocycles. The molecule has 0 unspecified atom stereocenters. The maximum Gasteiger partial charge on any atom is 0.236 e. The molecule has 0 spiro atoms. The number of thiophene rings is 1. The fraction of sp³-hybridized carbons (Fsp3) is 0.583. The van der Waals surface area contributed by atoms with Crippen LogP contribution in [-0.4, -0.2) is 55.5 Å². The van der Waals surface area contributed by atoms with E-state index in [0.29, 0.717) is 13.1 Å². The fourth-order valence-corrected chi connectivity index (χ4v) is 2.96. The zero-order valence-electron chi connectivity index (χ0n) is 10.5. The van der Waals surface area contributed by atoms with Gasteiger partial charge in [0.05, 0.1) is 10.9 Å². The van der Waals surface area contributed by atoms with Crippen LogP contribution in [0.3, 0.4) is 0 Å². The highest BCUT2D eigenvalue weighted by molar-refractivity contribution is 7.16. The van der Waals surface area contributed by atoms with Gasteiger partial charge in [-0.15, -0.1) is 11.3 Å². The van der Waals surface area contributed by atoms with Crippen molar-refractivity contribution in [2.45, 2.75) is 6.54 Å². The SMILES string of the molecule is CN1CCN(C(=O)CNCc2ccc(Cl)s2)CC1. The Labute approximate surface area is 117 Å². The molecule has 100 valence electrons. The van der Waals surface area contributed by atoms with Gasteiger partial charge in [-0.3, -0.25) is 4.79 Å². The number of amides is 1. The predicted molar refractivity (Wildman–Crippen MR) is 75.1 cm³/mol. The minimum Gasteiger partial charge on any atom is -0.339 e. The normalized spacial score (nSPS) is 17.1. The molecule has 2 heterocycles. The molecule has 0 aliphatic carbocycles. The van der Waals surface area contributed by atoms with Gasteiger partial charge in [-0.1, -0.05) is 11.6 Å². The molecule has 6 heteroatoms. The third kappa shape index (κ3) is 3.95. The molecule has 1 N–H and O–H groups in total. The van der Waals surface area contributed by atoms with Gasteiger partial charge < -0.3 is 15.1 Å². The third-order valence-corrected chi connectivity index (χ3v) is 4.29. The van der Waals surface area contributed by atoms with Crippen molar-refractivity contribution in [2.24, 2.45) is 0 Å². The summed E-state index contributed by atoms with van der Waals surface area (Å²) in [6.07, 6.45) is 0. The lowest BCUT2D eigenvalue weighted by Crippen LogP contribution is -2.49. The van der Waals surface area contributed by atoms with Crippen LogP contribution in [0.4, 0.5) is 0 Å². The first kappa shape index (κ1) is 13.8. The van der Waals surface area contributed by atoms with Crippen LogP contribution in [0.2, 0.25) is 4.34 Å². The van der Waals surface area contributed by atoms with E-state index in [1.165, 1.54) is 0 Å². The highest BCUT2D eigenvalue weighted by Crippen LogP contribution is 2.20. The average molecular weight is 288 g/mol. The molecule has 1 fully saturated rings. The summed E-state index contributed by atoms with van der Waals surface area (Å²) in [6, 6.07) is 3.87. The number of nitrogens with one attached hydrogen (secondary N) is 1. The minimum atomic E-state index is 0.186. The number of carbonyl (C=O) groups is 1. The van der Waals surface area contributed by atoms with E-state index in [-0.39, 0.29) is 5.91 Å². The summed E-state index contributed by atoms with van der Waals surface area (Å²) in [7, 11) is 2.08. The lowest BCUT2D eigenvalue weighted by molar-refractivity contribution is -0.131. The Balaban J connectivity index is 1.68. The quantitative estimate of drug-likeness (QED) is 0.906. The molecule has 0 saturated carbocycles. The molecule has 0 radical (unpaired) electrons. The van der Waals surface area contributed by atoms with Crippen molar-refractivity contribution in [1.29, 1.82) is 0 Å². The summed E-state index contributed by atoms with van der Waals surface area (Å²) in [6.45, 7) is 4.71. The first-order valence-corrected chi connectivity index (χ1v) is 7.26. The molecule has 0 atom stereocenters. The summed E-state index contributed by atoms with van der Waals surface area (Å²) in [5.41, 5.74) is 0. The molecule has 1 amide bonds. The Kier molecular flexibility index (Phi) is 5.00. The third-order valence-electron chi connectivity index (χ3n) is 3.06. The number of piperazine rings is 1. The van der Waals surface area contributed by atoms with Crippen LogP contribution in [0.1, 0.15) is 4.88 Å². The highest BCUT2D eigenvalue weighted by Gasteiger charge is 2.18. The van der Waals surface area contributed by atoms with Gasteiger partial charge in [0, 0.05) is 37.6 Å². The Morgan fingerprint density at radius 3 is 2.72 bits per heavy atom. The Bertz CT molecular complexity index is 402. The second kappa shape index (κ2) is 6.52. The fourth-order valence-electron chi connectivity index (χ4n) is 1.91. The molecular weight excluding hydrogens is 270 g/mol. The number of carbonyl (C=O) groups excluding carboxylic acids is 1. The van der Waals surface area contributed by atoms with E-state index in [4.69, 9.17) is 11.6 Å². The molecule has 0 aromatic carbocycles. The summed E-state index contributed by atoms with van der Waals surface area (Å²) < 4.78 is 0.789. The maximum atomic E-state index is 11.9. The van der Waals surface area contributed by atoms with E-state index in [1.807, 2.05) is 17.0 Å². The number of nitrogens with zero attached hydrogens (tertiary/aromatic N) is 2. The molecule has 0 bridgehead atoms. The van der Waals surface area contributed by atoms with E-state index in [1.54, 1.807) is 11.3 Å². The van der Waals surface area contributed by atoms with Crippen LogP contribution in [0.15, 0.2) is 12.1 Å². The largest absolute Gasteiger partial charge is 0.339 e. The van der Waals surface area contributed by atoms with Crippen LogP contribution < -0.4 is 5.32 Å². The van der Waals surface area contributed by atoms with Gasteiger partial charge in [-0.2, -0.15) is 0 Å². The van der Waals surface area contributed by atoms with Gasteiger partial charge in [0.2, 0.25) is 5.91 Å². The van der Waals surface area contributed by atoms with Crippen LogP contribution in [0, 0.1) is 0 Å². The van der Waals surface area contributed by atoms with Gasteiger partial charge in [0.25, 0.3) is 0 Å². The molecule has 1 saturated heterocycles. The topological polar surface area (TPSA) is 35.6 Å². The van der Waals surface area contributed by atoms with Crippen molar-refractivity contribution < 1.29 is 4.79 Å². The molecular formula is C12H18ClN3OS. The maximum absolute atomic E-state index is 11.9. The monoisotopic (exact) mass is 287 g/mol. The predicted octanol–water partition coefficient (Wildman–Crippen LogP) is 1.27.